The highest BCUT2D eigenvalue weighted by Crippen LogP contribution is 2.42. The molecule has 1 N–H and O–H groups in total. The Labute approximate surface area is 214 Å². The summed E-state index contributed by atoms with van der Waals surface area (Å²) >= 11 is 0. The van der Waals surface area contributed by atoms with E-state index in [9.17, 15) is 27.9 Å². The fourth-order valence-electron chi connectivity index (χ4n) is 5.55. The van der Waals surface area contributed by atoms with Crippen LogP contribution in [0.5, 0.6) is 5.88 Å². The van der Waals surface area contributed by atoms with Crippen molar-refractivity contribution in [2.24, 2.45) is 11.8 Å². The fourth-order valence-corrected chi connectivity index (χ4v) is 5.55. The number of amides is 1. The van der Waals surface area contributed by atoms with Crippen molar-refractivity contribution in [2.75, 3.05) is 20.2 Å². The van der Waals surface area contributed by atoms with E-state index in [0.717, 1.165) is 37.8 Å². The maximum atomic E-state index is 12.9. The molecule has 0 bridgehead atoms. The largest absolute Gasteiger partial charge is 0.481 e. The number of halogens is 3. The topological polar surface area (TPSA) is 79.7 Å². The molecule has 2 aromatic rings. The van der Waals surface area contributed by atoms with Crippen LogP contribution in [0.3, 0.4) is 0 Å². The molecule has 1 aliphatic heterocycles. The Morgan fingerprint density at radius 2 is 1.81 bits per heavy atom. The molecular formula is C28H33F3N2O4. The predicted octanol–water partition coefficient (Wildman–Crippen LogP) is 5.39. The van der Waals surface area contributed by atoms with Crippen LogP contribution in [0, 0.1) is 11.8 Å². The van der Waals surface area contributed by atoms with Crippen LogP contribution >= 0.6 is 0 Å². The molecule has 1 saturated carbocycles. The number of alkyl halides is 3. The van der Waals surface area contributed by atoms with Crippen LogP contribution in [0.2, 0.25) is 0 Å². The number of ketones is 1. The van der Waals surface area contributed by atoms with Gasteiger partial charge in [-0.15, -0.1) is 0 Å². The van der Waals surface area contributed by atoms with Gasteiger partial charge in [-0.05, 0) is 68.6 Å². The van der Waals surface area contributed by atoms with E-state index >= 15 is 0 Å². The van der Waals surface area contributed by atoms with E-state index in [2.05, 4.69) is 4.98 Å². The summed E-state index contributed by atoms with van der Waals surface area (Å²) in [6, 6.07) is 9.76. The van der Waals surface area contributed by atoms with Gasteiger partial charge in [0.15, 0.2) is 5.78 Å². The SMILES string of the molecule is COc1cccc(C2(O)CCC(CC3CCN(C(=O)CCC(=O)c4cccc(C(F)(F)F)c4)C3)CC2)n1. The molecule has 2 fully saturated rings. The first-order valence-corrected chi connectivity index (χ1v) is 12.8. The molecule has 0 spiro atoms. The number of likely N-dealkylation sites (tertiary alicyclic amines) is 1. The number of hydrogen-bond acceptors (Lipinski definition) is 5. The number of aliphatic hydroxyl groups is 1. The number of methoxy groups -OCH3 is 1. The normalized spacial score (nSPS) is 24.2. The molecule has 1 aromatic heterocycles. The zero-order valence-electron chi connectivity index (χ0n) is 21.0. The summed E-state index contributed by atoms with van der Waals surface area (Å²) < 4.78 is 43.9. The van der Waals surface area contributed by atoms with Crippen LogP contribution in [0.25, 0.3) is 0 Å². The van der Waals surface area contributed by atoms with Crippen LogP contribution in [0.4, 0.5) is 13.2 Å². The summed E-state index contributed by atoms with van der Waals surface area (Å²) in [5.74, 6) is 0.725. The summed E-state index contributed by atoms with van der Waals surface area (Å²) in [7, 11) is 1.55. The van der Waals surface area contributed by atoms with Gasteiger partial charge in [0, 0.05) is 37.6 Å². The zero-order valence-corrected chi connectivity index (χ0v) is 21.0. The smallest absolute Gasteiger partial charge is 0.416 e. The number of Topliss-reactive ketones (excluding diaryl/α,β-unsaturated/α-hetero) is 1. The molecule has 200 valence electrons. The standard InChI is InChI=1S/C28H33F3N2O4/c1-37-25-7-3-6-24(32-25)27(36)13-10-19(11-14-27)16-20-12-15-33(18-20)26(35)9-8-23(34)21-4-2-5-22(17-21)28(29,30)31/h2-7,17,19-20,36H,8-16,18H2,1H3. The molecule has 9 heteroatoms. The van der Waals surface area contributed by atoms with Gasteiger partial charge in [0.1, 0.15) is 5.60 Å². The molecular weight excluding hydrogens is 485 g/mol. The summed E-state index contributed by atoms with van der Waals surface area (Å²) in [5, 5.41) is 11.1. The van der Waals surface area contributed by atoms with Crippen molar-refractivity contribution in [1.29, 1.82) is 0 Å². The fraction of sp³-hybridized carbons (Fsp3) is 0.536. The molecule has 1 aliphatic carbocycles. The van der Waals surface area contributed by atoms with Crippen molar-refractivity contribution in [3.8, 4) is 5.88 Å². The first kappa shape index (κ1) is 27.1. The van der Waals surface area contributed by atoms with Gasteiger partial charge in [-0.1, -0.05) is 18.2 Å². The summed E-state index contributed by atoms with van der Waals surface area (Å²) in [6.07, 6.45) is 0.263. The van der Waals surface area contributed by atoms with E-state index in [0.29, 0.717) is 49.3 Å². The van der Waals surface area contributed by atoms with Crippen molar-refractivity contribution in [1.82, 2.24) is 9.88 Å². The van der Waals surface area contributed by atoms with Crippen molar-refractivity contribution in [3.05, 3.63) is 59.3 Å². The third kappa shape index (κ3) is 6.69. The van der Waals surface area contributed by atoms with Gasteiger partial charge >= 0.3 is 6.18 Å². The Morgan fingerprint density at radius 3 is 2.51 bits per heavy atom. The number of benzene rings is 1. The summed E-state index contributed by atoms with van der Waals surface area (Å²) in [6.45, 7) is 1.26. The van der Waals surface area contributed by atoms with E-state index < -0.39 is 23.1 Å². The molecule has 4 rings (SSSR count). The quantitative estimate of drug-likeness (QED) is 0.474. The van der Waals surface area contributed by atoms with Crippen LogP contribution in [0.15, 0.2) is 42.5 Å². The lowest BCUT2D eigenvalue weighted by atomic mass is 9.74. The van der Waals surface area contributed by atoms with Crippen LogP contribution < -0.4 is 4.74 Å². The van der Waals surface area contributed by atoms with Gasteiger partial charge in [-0.25, -0.2) is 4.98 Å². The number of pyridine rings is 1. The highest BCUT2D eigenvalue weighted by atomic mass is 19.4. The Bertz CT molecular complexity index is 1110. The van der Waals surface area contributed by atoms with Crippen LogP contribution in [-0.2, 0) is 16.6 Å². The zero-order chi connectivity index (χ0) is 26.6. The second kappa shape index (κ2) is 11.2. The average Bonchev–Trinajstić information content (AvgIpc) is 3.37. The van der Waals surface area contributed by atoms with Crippen LogP contribution in [0.1, 0.15) is 73.0 Å². The van der Waals surface area contributed by atoms with Crippen molar-refractivity contribution in [3.63, 3.8) is 0 Å². The third-order valence-corrected chi connectivity index (χ3v) is 7.72. The number of carbonyl (C=O) groups is 2. The number of aromatic nitrogens is 1. The van der Waals surface area contributed by atoms with Gasteiger partial charge in [-0.3, -0.25) is 9.59 Å². The van der Waals surface area contributed by atoms with Crippen molar-refractivity contribution < 1.29 is 32.6 Å². The number of ether oxygens (including phenoxy) is 1. The van der Waals surface area contributed by atoms with Gasteiger partial charge in [0.25, 0.3) is 0 Å². The van der Waals surface area contributed by atoms with E-state index in [1.807, 2.05) is 12.1 Å². The minimum Gasteiger partial charge on any atom is -0.481 e. The lowest BCUT2D eigenvalue weighted by Gasteiger charge is -2.36. The van der Waals surface area contributed by atoms with Gasteiger partial charge < -0.3 is 14.7 Å². The highest BCUT2D eigenvalue weighted by Gasteiger charge is 2.38. The molecule has 37 heavy (non-hydrogen) atoms. The molecule has 1 atom stereocenters. The van der Waals surface area contributed by atoms with E-state index in [1.54, 1.807) is 18.1 Å². The molecule has 1 unspecified atom stereocenters. The number of rotatable bonds is 8. The number of nitrogens with zero attached hydrogens (tertiary/aromatic N) is 2. The van der Waals surface area contributed by atoms with Gasteiger partial charge in [0.05, 0.1) is 18.4 Å². The number of carbonyl (C=O) groups excluding carboxylic acids is 2. The second-order valence-electron chi connectivity index (χ2n) is 10.3. The molecule has 1 saturated heterocycles. The minimum atomic E-state index is -4.51. The lowest BCUT2D eigenvalue weighted by molar-refractivity contribution is -0.137. The Balaban J connectivity index is 1.22. The van der Waals surface area contributed by atoms with Gasteiger partial charge in [-0.2, -0.15) is 13.2 Å². The summed E-state index contributed by atoms with van der Waals surface area (Å²) in [4.78, 5) is 31.3. The molecule has 1 amide bonds. The number of hydrogen-bond donors (Lipinski definition) is 1. The van der Waals surface area contributed by atoms with Crippen molar-refractivity contribution >= 4 is 11.7 Å². The monoisotopic (exact) mass is 518 g/mol. The average molecular weight is 519 g/mol. The molecule has 0 radical (unpaired) electrons. The maximum Gasteiger partial charge on any atom is 0.416 e. The Hall–Kier alpha value is -2.94. The van der Waals surface area contributed by atoms with Crippen LogP contribution in [-0.4, -0.2) is 46.9 Å². The maximum absolute atomic E-state index is 12.9. The first-order chi connectivity index (χ1) is 17.6. The Kier molecular flexibility index (Phi) is 8.21. The van der Waals surface area contributed by atoms with E-state index in [-0.39, 0.29) is 24.3 Å². The summed E-state index contributed by atoms with van der Waals surface area (Å²) in [5.41, 5.74) is -1.20. The first-order valence-electron chi connectivity index (χ1n) is 12.8. The second-order valence-corrected chi connectivity index (χ2v) is 10.3. The Morgan fingerprint density at radius 1 is 1.08 bits per heavy atom. The van der Waals surface area contributed by atoms with E-state index in [4.69, 9.17) is 4.74 Å². The van der Waals surface area contributed by atoms with Crippen molar-refractivity contribution in [2.45, 2.75) is 63.1 Å². The lowest BCUT2D eigenvalue weighted by Crippen LogP contribution is -2.33. The predicted molar refractivity (Wildman–Crippen MR) is 131 cm³/mol. The van der Waals surface area contributed by atoms with Gasteiger partial charge in [0.2, 0.25) is 11.8 Å². The molecule has 2 aliphatic rings. The molecule has 6 nitrogen and oxygen atoms in total. The third-order valence-electron chi connectivity index (χ3n) is 7.72. The minimum absolute atomic E-state index is 0.00814. The molecule has 2 heterocycles. The highest BCUT2D eigenvalue weighted by molar-refractivity contribution is 5.98. The molecule has 1 aromatic carbocycles. The van der Waals surface area contributed by atoms with E-state index in [1.165, 1.54) is 12.1 Å².